The molecule has 25 heavy (non-hydrogen) atoms. The lowest BCUT2D eigenvalue weighted by Gasteiger charge is -2.09. The lowest BCUT2D eigenvalue weighted by molar-refractivity contribution is -0.120. The quantitative estimate of drug-likeness (QED) is 0.629. The van der Waals surface area contributed by atoms with Crippen molar-refractivity contribution in [2.45, 2.75) is 0 Å². The van der Waals surface area contributed by atoms with Gasteiger partial charge in [0.25, 0.3) is 6.47 Å². The van der Waals surface area contributed by atoms with Crippen LogP contribution in [0.4, 0.5) is 4.39 Å². The first-order valence-corrected chi connectivity index (χ1v) is 7.38. The second-order valence-corrected chi connectivity index (χ2v) is 5.02. The third-order valence-corrected chi connectivity index (χ3v) is 3.38. The Bertz CT molecular complexity index is 864. The van der Waals surface area contributed by atoms with E-state index in [0.717, 1.165) is 5.56 Å². The van der Waals surface area contributed by atoms with E-state index in [4.69, 9.17) is 14.2 Å². The van der Waals surface area contributed by atoms with Gasteiger partial charge in [0.05, 0.1) is 12.8 Å². The maximum Gasteiger partial charge on any atom is 0.299 e. The molecule has 0 saturated carbocycles. The number of carbonyl (C=O) groups is 1. The number of ether oxygens (including phenoxy) is 3. The van der Waals surface area contributed by atoms with Crippen molar-refractivity contribution in [1.29, 1.82) is 0 Å². The molecule has 0 fully saturated rings. The first-order chi connectivity index (χ1) is 12.2. The van der Waals surface area contributed by atoms with Crippen molar-refractivity contribution >= 4 is 6.47 Å². The fraction of sp³-hybridized carbons (Fsp3) is 0.0526. The Hall–Kier alpha value is -3.41. The van der Waals surface area contributed by atoms with Gasteiger partial charge in [-0.3, -0.25) is 4.79 Å². The number of hydrogen-bond donors (Lipinski definition) is 0. The van der Waals surface area contributed by atoms with Gasteiger partial charge in [0, 0.05) is 17.7 Å². The van der Waals surface area contributed by atoms with Gasteiger partial charge in [-0.25, -0.2) is 9.37 Å². The van der Waals surface area contributed by atoms with Gasteiger partial charge in [0.1, 0.15) is 23.1 Å². The van der Waals surface area contributed by atoms with E-state index >= 15 is 0 Å². The third kappa shape index (κ3) is 4.11. The van der Waals surface area contributed by atoms with E-state index in [1.165, 1.54) is 25.3 Å². The van der Waals surface area contributed by atoms with Crippen LogP contribution in [0.15, 0.2) is 60.7 Å². The zero-order valence-electron chi connectivity index (χ0n) is 13.3. The minimum atomic E-state index is -0.319. The molecule has 0 bridgehead atoms. The predicted octanol–water partition coefficient (Wildman–Crippen LogP) is 4.22. The smallest absolute Gasteiger partial charge is 0.299 e. The molecule has 5 nitrogen and oxygen atoms in total. The molecule has 0 saturated heterocycles. The van der Waals surface area contributed by atoms with Crippen molar-refractivity contribution < 1.29 is 23.4 Å². The SMILES string of the molecule is COc1cc(OC=O)nc(-c2ccc(Oc3ccc(F)cc3)cc2)c1. The Morgan fingerprint density at radius 3 is 2.16 bits per heavy atom. The summed E-state index contributed by atoms with van der Waals surface area (Å²) < 4.78 is 28.5. The molecule has 3 rings (SSSR count). The first-order valence-electron chi connectivity index (χ1n) is 7.38. The zero-order chi connectivity index (χ0) is 17.6. The highest BCUT2D eigenvalue weighted by molar-refractivity contribution is 5.63. The second-order valence-electron chi connectivity index (χ2n) is 5.02. The van der Waals surface area contributed by atoms with Crippen LogP contribution < -0.4 is 14.2 Å². The molecule has 0 amide bonds. The van der Waals surface area contributed by atoms with Crippen molar-refractivity contribution in [2.75, 3.05) is 7.11 Å². The number of carbonyl (C=O) groups excluding carboxylic acids is 1. The van der Waals surface area contributed by atoms with E-state index in [-0.39, 0.29) is 11.7 Å². The lowest BCUT2D eigenvalue weighted by Crippen LogP contribution is -1.95. The van der Waals surface area contributed by atoms with E-state index in [1.54, 1.807) is 30.3 Å². The van der Waals surface area contributed by atoms with E-state index in [9.17, 15) is 9.18 Å². The van der Waals surface area contributed by atoms with E-state index in [0.29, 0.717) is 29.4 Å². The van der Waals surface area contributed by atoms with Crippen LogP contribution in [-0.2, 0) is 4.79 Å². The summed E-state index contributed by atoms with van der Waals surface area (Å²) in [7, 11) is 1.52. The van der Waals surface area contributed by atoms with E-state index in [1.807, 2.05) is 12.1 Å². The van der Waals surface area contributed by atoms with Crippen molar-refractivity contribution in [1.82, 2.24) is 4.98 Å². The lowest BCUT2D eigenvalue weighted by atomic mass is 10.1. The summed E-state index contributed by atoms with van der Waals surface area (Å²) in [5, 5.41) is 0. The topological polar surface area (TPSA) is 57.7 Å². The summed E-state index contributed by atoms with van der Waals surface area (Å²) in [5.74, 6) is 1.49. The summed E-state index contributed by atoms with van der Waals surface area (Å²) in [4.78, 5) is 14.8. The first kappa shape index (κ1) is 16.4. The number of benzene rings is 2. The normalized spacial score (nSPS) is 10.2. The minimum absolute atomic E-state index is 0.149. The van der Waals surface area contributed by atoms with Crippen LogP contribution in [0.3, 0.4) is 0 Å². The summed E-state index contributed by atoms with van der Waals surface area (Å²) >= 11 is 0. The molecule has 6 heteroatoms. The largest absolute Gasteiger partial charge is 0.496 e. The maximum atomic E-state index is 12.9. The molecule has 0 aliphatic heterocycles. The number of pyridine rings is 1. The van der Waals surface area contributed by atoms with Gasteiger partial charge in [-0.05, 0) is 48.5 Å². The van der Waals surface area contributed by atoms with E-state index in [2.05, 4.69) is 4.98 Å². The fourth-order valence-electron chi connectivity index (χ4n) is 2.19. The van der Waals surface area contributed by atoms with Crippen LogP contribution in [0.1, 0.15) is 0 Å². The second kappa shape index (κ2) is 7.44. The van der Waals surface area contributed by atoms with Crippen molar-refractivity contribution in [3.05, 3.63) is 66.5 Å². The van der Waals surface area contributed by atoms with Crippen LogP contribution in [0.5, 0.6) is 23.1 Å². The maximum absolute atomic E-state index is 12.9. The molecule has 0 unspecified atom stereocenters. The van der Waals surface area contributed by atoms with Crippen molar-refractivity contribution in [2.24, 2.45) is 0 Å². The minimum Gasteiger partial charge on any atom is -0.496 e. The Morgan fingerprint density at radius 1 is 0.920 bits per heavy atom. The molecule has 1 aromatic heterocycles. The van der Waals surface area contributed by atoms with Crippen molar-refractivity contribution in [3.63, 3.8) is 0 Å². The monoisotopic (exact) mass is 339 g/mol. The molecule has 1 heterocycles. The van der Waals surface area contributed by atoms with Gasteiger partial charge in [-0.15, -0.1) is 0 Å². The standard InChI is InChI=1S/C19H14FNO4/c1-23-17-10-18(21-19(11-17)24-12-22)13-2-6-15(7-3-13)25-16-8-4-14(20)5-9-16/h2-12H,1H3. The molecular formula is C19H14FNO4. The van der Waals surface area contributed by atoms with E-state index < -0.39 is 0 Å². The number of rotatable bonds is 6. The molecule has 0 N–H and O–H groups in total. The Morgan fingerprint density at radius 2 is 1.56 bits per heavy atom. The van der Waals surface area contributed by atoms with Crippen LogP contribution in [0.25, 0.3) is 11.3 Å². The van der Waals surface area contributed by atoms with Gasteiger partial charge in [0.2, 0.25) is 5.88 Å². The summed E-state index contributed by atoms with van der Waals surface area (Å²) in [6.07, 6.45) is 0. The summed E-state index contributed by atoms with van der Waals surface area (Å²) in [6.45, 7) is 0.311. The highest BCUT2D eigenvalue weighted by atomic mass is 19.1. The van der Waals surface area contributed by atoms with Crippen LogP contribution in [0, 0.1) is 5.82 Å². The highest BCUT2D eigenvalue weighted by Gasteiger charge is 2.07. The average Bonchev–Trinajstić information content (AvgIpc) is 2.64. The van der Waals surface area contributed by atoms with Crippen molar-refractivity contribution in [3.8, 4) is 34.4 Å². The molecule has 3 aromatic rings. The predicted molar refractivity (Wildman–Crippen MR) is 89.4 cm³/mol. The van der Waals surface area contributed by atoms with Gasteiger partial charge in [0.15, 0.2) is 0 Å². The zero-order valence-corrected chi connectivity index (χ0v) is 13.3. The molecule has 0 spiro atoms. The fourth-order valence-corrected chi connectivity index (χ4v) is 2.19. The number of hydrogen-bond acceptors (Lipinski definition) is 5. The Kier molecular flexibility index (Phi) is 4.89. The number of nitrogens with zero attached hydrogens (tertiary/aromatic N) is 1. The van der Waals surface area contributed by atoms with Gasteiger partial charge in [-0.1, -0.05) is 0 Å². The molecule has 0 radical (unpaired) electrons. The van der Waals surface area contributed by atoms with Crippen LogP contribution in [-0.4, -0.2) is 18.6 Å². The highest BCUT2D eigenvalue weighted by Crippen LogP contribution is 2.29. The summed E-state index contributed by atoms with van der Waals surface area (Å²) in [6, 6.07) is 16.2. The summed E-state index contributed by atoms with van der Waals surface area (Å²) in [5.41, 5.74) is 1.38. The molecular weight excluding hydrogens is 325 g/mol. The average molecular weight is 339 g/mol. The molecule has 2 aromatic carbocycles. The Balaban J connectivity index is 1.83. The molecule has 126 valence electrons. The third-order valence-electron chi connectivity index (χ3n) is 3.38. The number of methoxy groups -OCH3 is 1. The van der Waals surface area contributed by atoms with Crippen LogP contribution in [0.2, 0.25) is 0 Å². The molecule has 0 atom stereocenters. The number of halogens is 1. The van der Waals surface area contributed by atoms with Gasteiger partial charge >= 0.3 is 0 Å². The molecule has 0 aliphatic carbocycles. The Labute approximate surface area is 143 Å². The van der Waals surface area contributed by atoms with Gasteiger partial charge in [-0.2, -0.15) is 0 Å². The van der Waals surface area contributed by atoms with Crippen LogP contribution >= 0.6 is 0 Å². The van der Waals surface area contributed by atoms with Gasteiger partial charge < -0.3 is 14.2 Å². The molecule has 0 aliphatic rings. The number of aromatic nitrogens is 1.